The molecule has 1 aliphatic rings. The highest BCUT2D eigenvalue weighted by molar-refractivity contribution is 7.91. The second kappa shape index (κ2) is 6.43. The van der Waals surface area contributed by atoms with E-state index in [0.29, 0.717) is 6.42 Å². The first-order valence-electron chi connectivity index (χ1n) is 8.11. The Hall–Kier alpha value is -2.08. The van der Waals surface area contributed by atoms with Crippen molar-refractivity contribution in [2.75, 3.05) is 11.5 Å². The Morgan fingerprint density at radius 2 is 1.92 bits per heavy atom. The summed E-state index contributed by atoms with van der Waals surface area (Å²) in [4.78, 5) is 0. The number of nitrogens with zero attached hydrogens (tertiary/aromatic N) is 2. The van der Waals surface area contributed by atoms with Crippen molar-refractivity contribution >= 4 is 16.1 Å². The molecule has 2 aromatic rings. The molecule has 1 aromatic carbocycles. The van der Waals surface area contributed by atoms with E-state index >= 15 is 0 Å². The van der Waals surface area contributed by atoms with Gasteiger partial charge in [0.25, 0.3) is 0 Å². The predicted molar refractivity (Wildman–Crippen MR) is 97.8 cm³/mol. The van der Waals surface area contributed by atoms with Crippen LogP contribution in [-0.4, -0.2) is 36.7 Å². The Labute approximate surface area is 143 Å². The van der Waals surface area contributed by atoms with Crippen LogP contribution in [0.25, 0.3) is 5.69 Å². The minimum absolute atomic E-state index is 0.0770. The van der Waals surface area contributed by atoms with Crippen LogP contribution in [0.3, 0.4) is 0 Å². The minimum Gasteiger partial charge on any atom is -0.318 e. The van der Waals surface area contributed by atoms with Gasteiger partial charge >= 0.3 is 0 Å². The van der Waals surface area contributed by atoms with Crippen LogP contribution in [0.15, 0.2) is 35.4 Å². The van der Waals surface area contributed by atoms with Crippen molar-refractivity contribution in [2.24, 2.45) is 5.10 Å². The maximum Gasteiger partial charge on any atom is 0.152 e. The van der Waals surface area contributed by atoms with E-state index in [1.54, 1.807) is 6.21 Å². The first-order chi connectivity index (χ1) is 11.4. The molecule has 0 radical (unpaired) electrons. The fourth-order valence-electron chi connectivity index (χ4n) is 3.12. The number of hydrazone groups is 1. The third kappa shape index (κ3) is 3.53. The molecule has 24 heavy (non-hydrogen) atoms. The van der Waals surface area contributed by atoms with E-state index in [2.05, 4.69) is 66.2 Å². The average Bonchev–Trinajstić information content (AvgIpc) is 3.00. The lowest BCUT2D eigenvalue weighted by molar-refractivity contribution is 0.578. The van der Waals surface area contributed by atoms with E-state index in [1.165, 1.54) is 5.56 Å². The van der Waals surface area contributed by atoms with Crippen LogP contribution in [0.4, 0.5) is 0 Å². The van der Waals surface area contributed by atoms with Gasteiger partial charge in [-0.1, -0.05) is 17.7 Å². The van der Waals surface area contributed by atoms with Gasteiger partial charge in [-0.25, -0.2) is 8.42 Å². The smallest absolute Gasteiger partial charge is 0.152 e. The van der Waals surface area contributed by atoms with Crippen molar-refractivity contribution in [3.8, 4) is 5.69 Å². The molecule has 3 rings (SSSR count). The molecular weight excluding hydrogens is 322 g/mol. The number of rotatable bonds is 4. The fourth-order valence-corrected chi connectivity index (χ4v) is 4.78. The Morgan fingerprint density at radius 3 is 2.54 bits per heavy atom. The fraction of sp³-hybridized carbons (Fsp3) is 0.389. The van der Waals surface area contributed by atoms with Gasteiger partial charge in [-0.15, -0.1) is 0 Å². The van der Waals surface area contributed by atoms with Crippen LogP contribution in [0, 0.1) is 20.8 Å². The molecule has 128 valence electrons. The van der Waals surface area contributed by atoms with Crippen molar-refractivity contribution in [3.05, 3.63) is 52.8 Å². The summed E-state index contributed by atoms with van der Waals surface area (Å²) in [5.41, 5.74) is 8.62. The highest BCUT2D eigenvalue weighted by Gasteiger charge is 2.27. The van der Waals surface area contributed by atoms with Crippen LogP contribution in [0.2, 0.25) is 0 Å². The summed E-state index contributed by atoms with van der Waals surface area (Å²) in [6.07, 6.45) is 2.40. The lowest BCUT2D eigenvalue weighted by Gasteiger charge is -2.10. The van der Waals surface area contributed by atoms with Crippen LogP contribution < -0.4 is 5.43 Å². The van der Waals surface area contributed by atoms with E-state index in [4.69, 9.17) is 0 Å². The Kier molecular flexibility index (Phi) is 4.49. The molecule has 0 saturated carbocycles. The van der Waals surface area contributed by atoms with E-state index in [-0.39, 0.29) is 17.5 Å². The van der Waals surface area contributed by atoms with E-state index in [1.807, 2.05) is 0 Å². The lowest BCUT2D eigenvalue weighted by Crippen LogP contribution is -2.25. The number of benzene rings is 1. The van der Waals surface area contributed by atoms with E-state index in [0.717, 1.165) is 22.6 Å². The van der Waals surface area contributed by atoms with Gasteiger partial charge in [0.2, 0.25) is 0 Å². The second-order valence-corrected chi connectivity index (χ2v) is 8.71. The maximum atomic E-state index is 11.5. The molecule has 0 amide bonds. The van der Waals surface area contributed by atoms with Crippen molar-refractivity contribution in [1.29, 1.82) is 0 Å². The molecule has 1 unspecified atom stereocenters. The highest BCUT2D eigenvalue weighted by Crippen LogP contribution is 2.20. The molecule has 1 N–H and O–H groups in total. The average molecular weight is 345 g/mol. The highest BCUT2D eigenvalue weighted by atomic mass is 32.2. The Morgan fingerprint density at radius 1 is 1.21 bits per heavy atom. The molecule has 0 aliphatic carbocycles. The van der Waals surface area contributed by atoms with Gasteiger partial charge in [0.1, 0.15) is 0 Å². The standard InChI is InChI=1S/C18H23N3O2S/c1-13-4-6-18(7-5-13)21-14(2)10-16(15(21)3)11-19-20-17-8-9-24(22,23)12-17/h4-7,10-11,17,20H,8-9,12H2,1-3H3/b19-11+. The molecule has 1 aromatic heterocycles. The number of hydrogen-bond acceptors (Lipinski definition) is 4. The lowest BCUT2D eigenvalue weighted by atomic mass is 10.2. The van der Waals surface area contributed by atoms with Crippen LogP contribution >= 0.6 is 0 Å². The molecule has 2 heterocycles. The zero-order valence-electron chi connectivity index (χ0n) is 14.3. The summed E-state index contributed by atoms with van der Waals surface area (Å²) in [5, 5.41) is 4.26. The zero-order chi connectivity index (χ0) is 17.3. The van der Waals surface area contributed by atoms with Crippen molar-refractivity contribution in [1.82, 2.24) is 9.99 Å². The van der Waals surface area contributed by atoms with Crippen LogP contribution in [0.1, 0.15) is 28.9 Å². The summed E-state index contributed by atoms with van der Waals surface area (Å²) >= 11 is 0. The molecule has 0 spiro atoms. The molecule has 0 bridgehead atoms. The van der Waals surface area contributed by atoms with Gasteiger partial charge in [-0.05, 0) is 45.4 Å². The van der Waals surface area contributed by atoms with Gasteiger partial charge in [-0.3, -0.25) is 0 Å². The summed E-state index contributed by atoms with van der Waals surface area (Å²) < 4.78 is 25.1. The third-order valence-electron chi connectivity index (χ3n) is 4.46. The van der Waals surface area contributed by atoms with E-state index < -0.39 is 9.84 Å². The maximum absolute atomic E-state index is 11.5. The summed E-state index contributed by atoms with van der Waals surface area (Å²) in [5.74, 6) is 0.425. The van der Waals surface area contributed by atoms with Gasteiger partial charge in [0, 0.05) is 22.6 Å². The monoisotopic (exact) mass is 345 g/mol. The minimum atomic E-state index is -2.88. The van der Waals surface area contributed by atoms with Crippen LogP contribution in [-0.2, 0) is 9.84 Å². The van der Waals surface area contributed by atoms with Gasteiger partial charge < -0.3 is 9.99 Å². The molecule has 1 fully saturated rings. The zero-order valence-corrected chi connectivity index (χ0v) is 15.1. The largest absolute Gasteiger partial charge is 0.318 e. The normalized spacial score (nSPS) is 19.9. The number of aromatic nitrogens is 1. The SMILES string of the molecule is Cc1ccc(-n2c(C)cc(/C=N/NC3CCS(=O)(=O)C3)c2C)cc1. The van der Waals surface area contributed by atoms with Crippen molar-refractivity contribution in [2.45, 2.75) is 33.2 Å². The molecule has 1 saturated heterocycles. The first-order valence-corrected chi connectivity index (χ1v) is 9.93. The summed E-state index contributed by atoms with van der Waals surface area (Å²) in [7, 11) is -2.88. The third-order valence-corrected chi connectivity index (χ3v) is 6.22. The molecule has 5 nitrogen and oxygen atoms in total. The van der Waals surface area contributed by atoms with Gasteiger partial charge in [-0.2, -0.15) is 5.10 Å². The second-order valence-electron chi connectivity index (χ2n) is 6.48. The predicted octanol–water partition coefficient (Wildman–Crippen LogP) is 2.51. The van der Waals surface area contributed by atoms with Gasteiger partial charge in [0.05, 0.1) is 23.8 Å². The Balaban J connectivity index is 1.77. The molecular formula is C18H23N3O2S. The van der Waals surface area contributed by atoms with Gasteiger partial charge in [0.15, 0.2) is 9.84 Å². The molecule has 1 aliphatic heterocycles. The number of aryl methyl sites for hydroxylation is 2. The van der Waals surface area contributed by atoms with Crippen LogP contribution in [0.5, 0.6) is 0 Å². The van der Waals surface area contributed by atoms with Crippen molar-refractivity contribution in [3.63, 3.8) is 0 Å². The number of nitrogens with one attached hydrogen (secondary N) is 1. The first kappa shape index (κ1) is 16.8. The van der Waals surface area contributed by atoms with E-state index in [9.17, 15) is 8.42 Å². The molecule has 6 heteroatoms. The Bertz CT molecular complexity index is 864. The summed E-state index contributed by atoms with van der Waals surface area (Å²) in [6.45, 7) is 6.21. The van der Waals surface area contributed by atoms with Crippen molar-refractivity contribution < 1.29 is 8.42 Å². The quantitative estimate of drug-likeness (QED) is 0.684. The number of hydrogen-bond donors (Lipinski definition) is 1. The topological polar surface area (TPSA) is 63.5 Å². The molecule has 1 atom stereocenters. The number of sulfone groups is 1. The summed E-state index contributed by atoms with van der Waals surface area (Å²) in [6, 6.07) is 10.4.